The number of benzene rings is 1. The zero-order valence-corrected chi connectivity index (χ0v) is 8.27. The van der Waals surface area contributed by atoms with E-state index in [1.807, 2.05) is 12.1 Å². The molecule has 0 unspecified atom stereocenters. The van der Waals surface area contributed by atoms with Gasteiger partial charge in [0.1, 0.15) is 6.61 Å². The van der Waals surface area contributed by atoms with Crippen molar-refractivity contribution in [1.82, 2.24) is 0 Å². The zero-order valence-electron chi connectivity index (χ0n) is 8.27. The predicted octanol–water partition coefficient (Wildman–Crippen LogP) is 0.757. The van der Waals surface area contributed by atoms with E-state index in [0.717, 1.165) is 5.56 Å². The number of aliphatic imine (C=N–C) groups is 1. The first-order valence-corrected chi connectivity index (χ1v) is 4.81. The molecule has 2 rings (SSSR count). The van der Waals surface area contributed by atoms with Crippen molar-refractivity contribution < 1.29 is 9.53 Å². The number of hydrogen-bond acceptors (Lipinski definition) is 3. The number of ether oxygens (including phenoxy) is 1. The molecule has 1 amide bonds. The maximum absolute atomic E-state index is 11.1. The molecule has 0 fully saturated rings. The minimum Gasteiger partial charge on any atom is -0.479 e. The summed E-state index contributed by atoms with van der Waals surface area (Å²) in [7, 11) is 0. The van der Waals surface area contributed by atoms with Crippen LogP contribution in [0, 0.1) is 0 Å². The highest BCUT2D eigenvalue weighted by Gasteiger charge is 2.12. The highest BCUT2D eigenvalue weighted by molar-refractivity contribution is 5.95. The first-order valence-electron chi connectivity index (χ1n) is 4.81. The summed E-state index contributed by atoms with van der Waals surface area (Å²) in [6, 6.07) is 7.25. The van der Waals surface area contributed by atoms with E-state index in [2.05, 4.69) is 4.99 Å². The Morgan fingerprint density at radius 3 is 2.93 bits per heavy atom. The minimum absolute atomic E-state index is 0.413. The van der Waals surface area contributed by atoms with Crippen LogP contribution < -0.4 is 5.73 Å². The van der Waals surface area contributed by atoms with Crippen LogP contribution in [-0.2, 0) is 11.2 Å². The number of carbonyl (C=O) groups is 1. The van der Waals surface area contributed by atoms with Gasteiger partial charge in [0, 0.05) is 12.0 Å². The fraction of sp³-hybridized carbons (Fsp3) is 0.273. The lowest BCUT2D eigenvalue weighted by atomic mass is 10.0. The van der Waals surface area contributed by atoms with Gasteiger partial charge in [-0.25, -0.2) is 0 Å². The smallest absolute Gasteiger partial charge is 0.248 e. The predicted molar refractivity (Wildman–Crippen MR) is 56.9 cm³/mol. The van der Waals surface area contributed by atoms with Crippen molar-refractivity contribution in [3.63, 3.8) is 0 Å². The number of hydrogen-bond donors (Lipinski definition) is 1. The molecule has 1 aromatic rings. The standard InChI is InChI=1S/C11H12N2O2/c12-11(14)9-4-2-1-3-8(9)7-10-13-5-6-15-10/h1-4H,5-7H2,(H2,12,14). The topological polar surface area (TPSA) is 64.7 Å². The summed E-state index contributed by atoms with van der Waals surface area (Å²) < 4.78 is 5.29. The molecule has 0 saturated heterocycles. The quantitative estimate of drug-likeness (QED) is 0.789. The fourth-order valence-electron chi connectivity index (χ4n) is 1.56. The van der Waals surface area contributed by atoms with Gasteiger partial charge in [-0.2, -0.15) is 0 Å². The summed E-state index contributed by atoms with van der Waals surface area (Å²) >= 11 is 0. The van der Waals surface area contributed by atoms with E-state index in [-0.39, 0.29) is 0 Å². The molecule has 0 saturated carbocycles. The molecule has 4 heteroatoms. The summed E-state index contributed by atoms with van der Waals surface area (Å²) in [6.07, 6.45) is 0.541. The SMILES string of the molecule is NC(=O)c1ccccc1CC1=NCCO1. The maximum Gasteiger partial charge on any atom is 0.248 e. The summed E-state index contributed by atoms with van der Waals surface area (Å²) in [5.41, 5.74) is 6.67. The Hall–Kier alpha value is -1.84. The third-order valence-electron chi connectivity index (χ3n) is 2.27. The monoisotopic (exact) mass is 204 g/mol. The first-order chi connectivity index (χ1) is 7.27. The van der Waals surface area contributed by atoms with Gasteiger partial charge >= 0.3 is 0 Å². The minimum atomic E-state index is -0.413. The number of primary amides is 1. The van der Waals surface area contributed by atoms with Crippen LogP contribution in [0.1, 0.15) is 15.9 Å². The normalized spacial score (nSPS) is 14.5. The molecule has 1 aliphatic rings. The molecule has 1 aliphatic heterocycles. The van der Waals surface area contributed by atoms with Gasteiger partial charge in [0.2, 0.25) is 5.91 Å². The van der Waals surface area contributed by atoms with Gasteiger partial charge in [-0.3, -0.25) is 9.79 Å². The van der Waals surface area contributed by atoms with Crippen LogP contribution in [0.5, 0.6) is 0 Å². The van der Waals surface area contributed by atoms with Crippen molar-refractivity contribution >= 4 is 11.8 Å². The van der Waals surface area contributed by atoms with Gasteiger partial charge in [-0.05, 0) is 11.6 Å². The third kappa shape index (κ3) is 2.15. The molecule has 0 spiro atoms. The first kappa shape index (κ1) is 9.71. The Balaban J connectivity index is 2.23. The molecule has 1 aromatic carbocycles. The third-order valence-corrected chi connectivity index (χ3v) is 2.27. The van der Waals surface area contributed by atoms with Gasteiger partial charge in [-0.1, -0.05) is 18.2 Å². The average Bonchev–Trinajstić information content (AvgIpc) is 2.71. The molecule has 2 N–H and O–H groups in total. The lowest BCUT2D eigenvalue weighted by molar-refractivity contribution is 0.0999. The van der Waals surface area contributed by atoms with E-state index in [1.54, 1.807) is 12.1 Å². The van der Waals surface area contributed by atoms with Gasteiger partial charge in [0.25, 0.3) is 0 Å². The summed E-state index contributed by atoms with van der Waals surface area (Å²) in [6.45, 7) is 1.34. The van der Waals surface area contributed by atoms with E-state index in [4.69, 9.17) is 10.5 Å². The largest absolute Gasteiger partial charge is 0.479 e. The summed E-state index contributed by atoms with van der Waals surface area (Å²) in [4.78, 5) is 15.3. The molecule has 0 radical (unpaired) electrons. The van der Waals surface area contributed by atoms with Gasteiger partial charge < -0.3 is 10.5 Å². The fourth-order valence-corrected chi connectivity index (χ4v) is 1.56. The van der Waals surface area contributed by atoms with Crippen molar-refractivity contribution in [3.8, 4) is 0 Å². The Morgan fingerprint density at radius 1 is 1.47 bits per heavy atom. The molecule has 0 bridgehead atoms. The van der Waals surface area contributed by atoms with Gasteiger partial charge in [0.15, 0.2) is 5.90 Å². The van der Waals surface area contributed by atoms with Crippen molar-refractivity contribution in [2.75, 3.05) is 13.2 Å². The lowest BCUT2D eigenvalue weighted by Crippen LogP contribution is -2.15. The number of rotatable bonds is 3. The second kappa shape index (κ2) is 4.13. The van der Waals surface area contributed by atoms with Crippen molar-refractivity contribution in [3.05, 3.63) is 35.4 Å². The highest BCUT2D eigenvalue weighted by Crippen LogP contribution is 2.11. The Kier molecular flexibility index (Phi) is 2.67. The number of nitrogens with zero attached hydrogens (tertiary/aromatic N) is 1. The Morgan fingerprint density at radius 2 is 2.27 bits per heavy atom. The molecule has 0 aliphatic carbocycles. The second-order valence-corrected chi connectivity index (χ2v) is 3.32. The molecular weight excluding hydrogens is 192 g/mol. The molecule has 1 heterocycles. The van der Waals surface area contributed by atoms with E-state index in [1.165, 1.54) is 0 Å². The van der Waals surface area contributed by atoms with E-state index in [0.29, 0.717) is 31.0 Å². The van der Waals surface area contributed by atoms with Crippen LogP contribution in [0.15, 0.2) is 29.3 Å². The Labute approximate surface area is 87.8 Å². The summed E-state index contributed by atoms with van der Waals surface area (Å²) in [5.74, 6) is 0.271. The maximum atomic E-state index is 11.1. The zero-order chi connectivity index (χ0) is 10.7. The van der Waals surface area contributed by atoms with Crippen molar-refractivity contribution in [1.29, 1.82) is 0 Å². The number of carbonyl (C=O) groups excluding carboxylic acids is 1. The van der Waals surface area contributed by atoms with Crippen LogP contribution >= 0.6 is 0 Å². The molecule has 15 heavy (non-hydrogen) atoms. The van der Waals surface area contributed by atoms with Crippen molar-refractivity contribution in [2.45, 2.75) is 6.42 Å². The van der Waals surface area contributed by atoms with Crippen molar-refractivity contribution in [2.24, 2.45) is 10.7 Å². The van der Waals surface area contributed by atoms with Gasteiger partial charge in [0.05, 0.1) is 6.54 Å². The summed E-state index contributed by atoms with van der Waals surface area (Å²) in [5, 5.41) is 0. The lowest BCUT2D eigenvalue weighted by Gasteiger charge is -2.05. The Bertz CT molecular complexity index is 413. The number of nitrogens with two attached hydrogens (primary N) is 1. The average molecular weight is 204 g/mol. The number of amides is 1. The second-order valence-electron chi connectivity index (χ2n) is 3.32. The van der Waals surface area contributed by atoms with Crippen LogP contribution in [-0.4, -0.2) is 25.0 Å². The highest BCUT2D eigenvalue weighted by atomic mass is 16.5. The van der Waals surface area contributed by atoms with E-state index in [9.17, 15) is 4.79 Å². The molecule has 4 nitrogen and oxygen atoms in total. The molecule has 78 valence electrons. The molecular formula is C11H12N2O2. The van der Waals surface area contributed by atoms with Crippen LogP contribution in [0.2, 0.25) is 0 Å². The van der Waals surface area contributed by atoms with Crippen LogP contribution in [0.4, 0.5) is 0 Å². The van der Waals surface area contributed by atoms with Crippen LogP contribution in [0.3, 0.4) is 0 Å². The van der Waals surface area contributed by atoms with Crippen LogP contribution in [0.25, 0.3) is 0 Å². The molecule has 0 atom stereocenters. The molecule has 0 aromatic heterocycles. The van der Waals surface area contributed by atoms with E-state index < -0.39 is 5.91 Å². The van der Waals surface area contributed by atoms with E-state index >= 15 is 0 Å². The van der Waals surface area contributed by atoms with Gasteiger partial charge in [-0.15, -0.1) is 0 Å².